The smallest absolute Gasteiger partial charge is 0.323 e. The molecule has 1 atom stereocenters. The number of rotatable bonds is 6. The zero-order valence-electron chi connectivity index (χ0n) is 10.8. The SMILES string of the molecule is CNC(C)(CCOc1ccc(F)c(C)c1)C(=O)O. The van der Waals surface area contributed by atoms with E-state index in [1.165, 1.54) is 12.1 Å². The van der Waals surface area contributed by atoms with E-state index >= 15 is 0 Å². The van der Waals surface area contributed by atoms with Crippen molar-refractivity contribution in [3.8, 4) is 5.75 Å². The number of benzene rings is 1. The van der Waals surface area contributed by atoms with Crippen molar-refractivity contribution in [2.75, 3.05) is 13.7 Å². The van der Waals surface area contributed by atoms with E-state index in [9.17, 15) is 9.18 Å². The van der Waals surface area contributed by atoms with Gasteiger partial charge in [0.2, 0.25) is 0 Å². The lowest BCUT2D eigenvalue weighted by Crippen LogP contribution is -2.48. The molecule has 0 aliphatic heterocycles. The molecule has 1 rings (SSSR count). The summed E-state index contributed by atoms with van der Waals surface area (Å²) in [6.45, 7) is 3.49. The van der Waals surface area contributed by atoms with Crippen molar-refractivity contribution in [3.05, 3.63) is 29.6 Å². The van der Waals surface area contributed by atoms with Gasteiger partial charge in [0.1, 0.15) is 17.1 Å². The van der Waals surface area contributed by atoms with Crippen molar-refractivity contribution in [3.63, 3.8) is 0 Å². The molecule has 0 aliphatic carbocycles. The van der Waals surface area contributed by atoms with E-state index in [4.69, 9.17) is 9.84 Å². The molecule has 0 heterocycles. The number of aliphatic carboxylic acids is 1. The molecule has 0 aromatic heterocycles. The fourth-order valence-electron chi connectivity index (χ4n) is 1.42. The number of halogens is 1. The van der Waals surface area contributed by atoms with Crippen LogP contribution in [0.15, 0.2) is 18.2 Å². The first-order valence-corrected chi connectivity index (χ1v) is 5.70. The van der Waals surface area contributed by atoms with E-state index in [-0.39, 0.29) is 12.4 Å². The molecule has 0 saturated heterocycles. The average Bonchev–Trinajstić information content (AvgIpc) is 2.33. The van der Waals surface area contributed by atoms with Gasteiger partial charge in [-0.05, 0) is 44.7 Å². The van der Waals surface area contributed by atoms with Crippen LogP contribution in [-0.2, 0) is 4.79 Å². The zero-order valence-corrected chi connectivity index (χ0v) is 10.8. The van der Waals surface area contributed by atoms with Gasteiger partial charge in [-0.2, -0.15) is 0 Å². The van der Waals surface area contributed by atoms with E-state index in [0.717, 1.165) is 0 Å². The highest BCUT2D eigenvalue weighted by Gasteiger charge is 2.30. The van der Waals surface area contributed by atoms with Gasteiger partial charge in [0.15, 0.2) is 0 Å². The maximum absolute atomic E-state index is 13.0. The van der Waals surface area contributed by atoms with Crippen LogP contribution in [-0.4, -0.2) is 30.3 Å². The van der Waals surface area contributed by atoms with Crippen LogP contribution in [0.3, 0.4) is 0 Å². The van der Waals surface area contributed by atoms with Crippen LogP contribution in [0, 0.1) is 12.7 Å². The molecule has 0 spiro atoms. The van der Waals surface area contributed by atoms with Crippen molar-refractivity contribution in [2.24, 2.45) is 0 Å². The Morgan fingerprint density at radius 1 is 1.56 bits per heavy atom. The fraction of sp³-hybridized carbons (Fsp3) is 0.462. The molecular formula is C13H18FNO3. The summed E-state index contributed by atoms with van der Waals surface area (Å²) in [4.78, 5) is 11.0. The van der Waals surface area contributed by atoms with Crippen LogP contribution < -0.4 is 10.1 Å². The number of aryl methyl sites for hydroxylation is 1. The molecule has 2 N–H and O–H groups in total. The van der Waals surface area contributed by atoms with Crippen LogP contribution in [0.4, 0.5) is 4.39 Å². The predicted molar refractivity (Wildman–Crippen MR) is 66.3 cm³/mol. The van der Waals surface area contributed by atoms with Gasteiger partial charge < -0.3 is 15.2 Å². The molecule has 0 saturated carbocycles. The Balaban J connectivity index is 2.56. The number of hydrogen-bond acceptors (Lipinski definition) is 3. The number of ether oxygens (including phenoxy) is 1. The summed E-state index contributed by atoms with van der Waals surface area (Å²) in [6.07, 6.45) is 0.315. The minimum Gasteiger partial charge on any atom is -0.493 e. The van der Waals surface area contributed by atoms with E-state index < -0.39 is 11.5 Å². The Morgan fingerprint density at radius 3 is 2.72 bits per heavy atom. The highest BCUT2D eigenvalue weighted by atomic mass is 19.1. The third kappa shape index (κ3) is 3.43. The minimum absolute atomic E-state index is 0.245. The molecule has 18 heavy (non-hydrogen) atoms. The highest BCUT2D eigenvalue weighted by molar-refractivity contribution is 5.78. The van der Waals surface area contributed by atoms with Crippen molar-refractivity contribution in [1.82, 2.24) is 5.32 Å². The van der Waals surface area contributed by atoms with Gasteiger partial charge in [0.05, 0.1) is 6.61 Å². The second kappa shape index (κ2) is 5.82. The fourth-order valence-corrected chi connectivity index (χ4v) is 1.42. The first kappa shape index (κ1) is 14.4. The number of hydrogen-bond donors (Lipinski definition) is 2. The number of nitrogens with one attached hydrogen (secondary N) is 1. The first-order chi connectivity index (χ1) is 8.39. The van der Waals surface area contributed by atoms with Crippen molar-refractivity contribution in [2.45, 2.75) is 25.8 Å². The number of carbonyl (C=O) groups is 1. The Bertz CT molecular complexity index is 436. The van der Waals surface area contributed by atoms with Crippen LogP contribution in [0.1, 0.15) is 18.9 Å². The monoisotopic (exact) mass is 255 g/mol. The van der Waals surface area contributed by atoms with Gasteiger partial charge in [-0.15, -0.1) is 0 Å². The average molecular weight is 255 g/mol. The molecule has 4 nitrogen and oxygen atoms in total. The molecule has 100 valence electrons. The highest BCUT2D eigenvalue weighted by Crippen LogP contribution is 2.17. The second-order valence-corrected chi connectivity index (χ2v) is 4.40. The van der Waals surface area contributed by atoms with E-state index in [2.05, 4.69) is 5.32 Å². The Hall–Kier alpha value is -1.62. The van der Waals surface area contributed by atoms with Crippen LogP contribution >= 0.6 is 0 Å². The van der Waals surface area contributed by atoms with Gasteiger partial charge >= 0.3 is 5.97 Å². The summed E-state index contributed by atoms with van der Waals surface area (Å²) < 4.78 is 18.4. The summed E-state index contributed by atoms with van der Waals surface area (Å²) >= 11 is 0. The van der Waals surface area contributed by atoms with Crippen LogP contribution in [0.2, 0.25) is 0 Å². The summed E-state index contributed by atoms with van der Waals surface area (Å²) in [5.74, 6) is -0.672. The number of likely N-dealkylation sites (N-methyl/N-ethyl adjacent to an activating group) is 1. The van der Waals surface area contributed by atoms with Crippen LogP contribution in [0.25, 0.3) is 0 Å². The molecule has 0 radical (unpaired) electrons. The molecule has 0 fully saturated rings. The molecule has 5 heteroatoms. The number of carboxylic acids is 1. The summed E-state index contributed by atoms with van der Waals surface area (Å²) in [7, 11) is 1.59. The number of carboxylic acid groups (broad SMARTS) is 1. The van der Waals surface area contributed by atoms with Gasteiger partial charge in [-0.25, -0.2) is 4.39 Å². The largest absolute Gasteiger partial charge is 0.493 e. The standard InChI is InChI=1S/C13H18FNO3/c1-9-8-10(4-5-11(9)14)18-7-6-13(2,15-3)12(16)17/h4-5,8,15H,6-7H2,1-3H3,(H,16,17). The minimum atomic E-state index is -1.02. The van der Waals surface area contributed by atoms with E-state index in [0.29, 0.717) is 17.7 Å². The normalized spacial score (nSPS) is 14.0. The van der Waals surface area contributed by atoms with Gasteiger partial charge in [-0.3, -0.25) is 4.79 Å². The maximum Gasteiger partial charge on any atom is 0.323 e. The predicted octanol–water partition coefficient (Wildman–Crippen LogP) is 1.97. The topological polar surface area (TPSA) is 58.6 Å². The lowest BCUT2D eigenvalue weighted by molar-refractivity contribution is -0.144. The molecule has 1 aromatic rings. The van der Waals surface area contributed by atoms with Crippen molar-refractivity contribution < 1.29 is 19.0 Å². The first-order valence-electron chi connectivity index (χ1n) is 5.70. The van der Waals surface area contributed by atoms with Crippen LogP contribution in [0.5, 0.6) is 5.75 Å². The van der Waals surface area contributed by atoms with Gasteiger partial charge in [-0.1, -0.05) is 0 Å². The third-order valence-corrected chi connectivity index (χ3v) is 3.02. The quantitative estimate of drug-likeness (QED) is 0.816. The van der Waals surface area contributed by atoms with Gasteiger partial charge in [0, 0.05) is 6.42 Å². The molecule has 0 bridgehead atoms. The summed E-state index contributed by atoms with van der Waals surface area (Å²) in [5, 5.41) is 11.8. The molecule has 0 aliphatic rings. The Morgan fingerprint density at radius 2 is 2.22 bits per heavy atom. The van der Waals surface area contributed by atoms with Gasteiger partial charge in [0.25, 0.3) is 0 Å². The molecule has 0 amide bonds. The van der Waals surface area contributed by atoms with E-state index in [1.54, 1.807) is 27.0 Å². The third-order valence-electron chi connectivity index (χ3n) is 3.02. The van der Waals surface area contributed by atoms with Crippen molar-refractivity contribution >= 4 is 5.97 Å². The summed E-state index contributed by atoms with van der Waals surface area (Å²) in [6, 6.07) is 4.45. The second-order valence-electron chi connectivity index (χ2n) is 4.40. The lowest BCUT2D eigenvalue weighted by Gasteiger charge is -2.23. The molecule has 1 unspecified atom stereocenters. The Labute approximate surface area is 106 Å². The lowest BCUT2D eigenvalue weighted by atomic mass is 9.99. The van der Waals surface area contributed by atoms with E-state index in [1.807, 2.05) is 0 Å². The summed E-state index contributed by atoms with van der Waals surface area (Å²) in [5.41, 5.74) is -0.517. The molecular weight excluding hydrogens is 237 g/mol. The molecule has 1 aromatic carbocycles. The Kier molecular flexibility index (Phi) is 4.67. The maximum atomic E-state index is 13.0. The van der Waals surface area contributed by atoms with Crippen molar-refractivity contribution in [1.29, 1.82) is 0 Å². The zero-order chi connectivity index (χ0) is 13.8.